The van der Waals surface area contributed by atoms with Crippen molar-refractivity contribution in [2.45, 2.75) is 19.9 Å². The molecule has 5 nitrogen and oxygen atoms in total. The lowest BCUT2D eigenvalue weighted by molar-refractivity contribution is -0.141. The first-order chi connectivity index (χ1) is 6.52. The first-order valence-corrected chi connectivity index (χ1v) is 4.49. The Morgan fingerprint density at radius 3 is 2.71 bits per heavy atom. The molecule has 2 N–H and O–H groups in total. The van der Waals surface area contributed by atoms with Gasteiger partial charge in [-0.2, -0.15) is 0 Å². The largest absolute Gasteiger partial charge is 0.481 e. The van der Waals surface area contributed by atoms with Crippen LogP contribution in [0, 0.1) is 5.92 Å². The topological polar surface area (TPSA) is 67.2 Å². The average Bonchev–Trinajstić information content (AvgIpc) is 2.50. The number of anilines is 1. The molecule has 0 fully saturated rings. The Morgan fingerprint density at radius 1 is 1.64 bits per heavy atom. The van der Waals surface area contributed by atoms with Gasteiger partial charge in [0.15, 0.2) is 0 Å². The monoisotopic (exact) mass is 197 g/mol. The molecule has 1 aromatic rings. The van der Waals surface area contributed by atoms with Crippen molar-refractivity contribution in [3.8, 4) is 0 Å². The lowest BCUT2D eigenvalue weighted by Crippen LogP contribution is -2.30. The van der Waals surface area contributed by atoms with Crippen LogP contribution in [0.1, 0.15) is 13.8 Å². The SMILES string of the molecule is CC(Nc1nccn1C)C(C)C(=O)O. The number of hydrogen-bond donors (Lipinski definition) is 2. The van der Waals surface area contributed by atoms with Crippen LogP contribution in [-0.4, -0.2) is 26.7 Å². The highest BCUT2D eigenvalue weighted by Crippen LogP contribution is 2.09. The van der Waals surface area contributed by atoms with Crippen molar-refractivity contribution in [1.29, 1.82) is 0 Å². The molecule has 0 amide bonds. The number of nitrogens with zero attached hydrogens (tertiary/aromatic N) is 2. The normalized spacial score (nSPS) is 14.8. The minimum atomic E-state index is -0.806. The van der Waals surface area contributed by atoms with E-state index in [9.17, 15) is 4.79 Å². The van der Waals surface area contributed by atoms with Gasteiger partial charge in [-0.05, 0) is 13.8 Å². The molecule has 0 saturated heterocycles. The number of carboxylic acid groups (broad SMARTS) is 1. The third-order valence-electron chi connectivity index (χ3n) is 2.32. The Morgan fingerprint density at radius 2 is 2.29 bits per heavy atom. The molecule has 2 atom stereocenters. The van der Waals surface area contributed by atoms with E-state index in [0.29, 0.717) is 5.95 Å². The fraction of sp³-hybridized carbons (Fsp3) is 0.556. The number of imidazole rings is 1. The van der Waals surface area contributed by atoms with Crippen molar-refractivity contribution in [3.63, 3.8) is 0 Å². The predicted molar refractivity (Wildman–Crippen MR) is 53.1 cm³/mol. The van der Waals surface area contributed by atoms with Gasteiger partial charge in [0.1, 0.15) is 0 Å². The smallest absolute Gasteiger partial charge is 0.308 e. The molecule has 0 radical (unpaired) electrons. The maximum absolute atomic E-state index is 10.7. The van der Waals surface area contributed by atoms with E-state index in [4.69, 9.17) is 5.11 Å². The van der Waals surface area contributed by atoms with E-state index in [1.807, 2.05) is 18.5 Å². The Labute approximate surface area is 82.8 Å². The Bertz CT molecular complexity index is 322. The molecular weight excluding hydrogens is 182 g/mol. The van der Waals surface area contributed by atoms with Crippen LogP contribution in [0.15, 0.2) is 12.4 Å². The zero-order valence-electron chi connectivity index (χ0n) is 8.56. The number of rotatable bonds is 4. The van der Waals surface area contributed by atoms with E-state index in [2.05, 4.69) is 10.3 Å². The number of carbonyl (C=O) groups is 1. The molecule has 78 valence electrons. The molecule has 1 rings (SSSR count). The summed E-state index contributed by atoms with van der Waals surface area (Å²) in [4.78, 5) is 14.7. The quantitative estimate of drug-likeness (QED) is 0.753. The lowest BCUT2D eigenvalue weighted by atomic mass is 10.0. The van der Waals surface area contributed by atoms with Gasteiger partial charge in [-0.25, -0.2) is 4.98 Å². The zero-order chi connectivity index (χ0) is 10.7. The minimum Gasteiger partial charge on any atom is -0.481 e. The Hall–Kier alpha value is -1.52. The summed E-state index contributed by atoms with van der Waals surface area (Å²) in [5, 5.41) is 11.8. The van der Waals surface area contributed by atoms with Crippen LogP contribution >= 0.6 is 0 Å². The van der Waals surface area contributed by atoms with Crippen molar-refractivity contribution in [3.05, 3.63) is 12.4 Å². The van der Waals surface area contributed by atoms with E-state index < -0.39 is 11.9 Å². The number of nitrogens with one attached hydrogen (secondary N) is 1. The molecular formula is C9H15N3O2. The van der Waals surface area contributed by atoms with E-state index in [1.54, 1.807) is 19.3 Å². The highest BCUT2D eigenvalue weighted by atomic mass is 16.4. The third-order valence-corrected chi connectivity index (χ3v) is 2.32. The second-order valence-corrected chi connectivity index (χ2v) is 3.42. The first kappa shape index (κ1) is 10.6. The van der Waals surface area contributed by atoms with E-state index in [1.165, 1.54) is 0 Å². The standard InChI is InChI=1S/C9H15N3O2/c1-6(8(13)14)7(2)11-9-10-4-5-12(9)3/h4-7H,1-3H3,(H,10,11)(H,13,14). The van der Waals surface area contributed by atoms with Gasteiger partial charge in [0.25, 0.3) is 0 Å². The van der Waals surface area contributed by atoms with Crippen LogP contribution in [0.5, 0.6) is 0 Å². The summed E-state index contributed by atoms with van der Waals surface area (Å²) in [6, 6.07) is -0.145. The number of hydrogen-bond acceptors (Lipinski definition) is 3. The van der Waals surface area contributed by atoms with Gasteiger partial charge in [0, 0.05) is 25.5 Å². The van der Waals surface area contributed by atoms with Gasteiger partial charge in [-0.15, -0.1) is 0 Å². The summed E-state index contributed by atoms with van der Waals surface area (Å²) in [6.45, 7) is 3.50. The zero-order valence-corrected chi connectivity index (χ0v) is 8.56. The summed E-state index contributed by atoms with van der Waals surface area (Å²) in [5.41, 5.74) is 0. The summed E-state index contributed by atoms with van der Waals surface area (Å²) in [6.07, 6.45) is 3.47. The summed E-state index contributed by atoms with van der Waals surface area (Å²) < 4.78 is 1.81. The number of carboxylic acids is 1. The molecule has 1 heterocycles. The van der Waals surface area contributed by atoms with E-state index in [0.717, 1.165) is 0 Å². The van der Waals surface area contributed by atoms with Gasteiger partial charge >= 0.3 is 5.97 Å². The highest BCUT2D eigenvalue weighted by molar-refractivity contribution is 5.70. The highest BCUT2D eigenvalue weighted by Gasteiger charge is 2.19. The number of aliphatic carboxylic acids is 1. The van der Waals surface area contributed by atoms with Crippen LogP contribution in [-0.2, 0) is 11.8 Å². The van der Waals surface area contributed by atoms with Crippen molar-refractivity contribution < 1.29 is 9.90 Å². The van der Waals surface area contributed by atoms with E-state index in [-0.39, 0.29) is 6.04 Å². The van der Waals surface area contributed by atoms with Crippen LogP contribution < -0.4 is 5.32 Å². The third kappa shape index (κ3) is 2.25. The van der Waals surface area contributed by atoms with Gasteiger partial charge in [0.2, 0.25) is 5.95 Å². The second kappa shape index (κ2) is 4.13. The van der Waals surface area contributed by atoms with Crippen molar-refractivity contribution in [2.75, 3.05) is 5.32 Å². The maximum Gasteiger partial charge on any atom is 0.308 e. The van der Waals surface area contributed by atoms with Crippen molar-refractivity contribution in [1.82, 2.24) is 9.55 Å². The van der Waals surface area contributed by atoms with Crippen LogP contribution in [0.25, 0.3) is 0 Å². The number of aryl methyl sites for hydroxylation is 1. The second-order valence-electron chi connectivity index (χ2n) is 3.42. The molecule has 0 aromatic carbocycles. The number of aromatic nitrogens is 2. The summed E-state index contributed by atoms with van der Waals surface area (Å²) in [7, 11) is 1.85. The van der Waals surface area contributed by atoms with Gasteiger partial charge in [-0.1, -0.05) is 0 Å². The van der Waals surface area contributed by atoms with Crippen LogP contribution in [0.3, 0.4) is 0 Å². The molecule has 0 aliphatic rings. The molecule has 0 bridgehead atoms. The van der Waals surface area contributed by atoms with Gasteiger partial charge in [-0.3, -0.25) is 4.79 Å². The average molecular weight is 197 g/mol. The molecule has 0 saturated carbocycles. The predicted octanol–water partition coefficient (Wildman–Crippen LogP) is 0.941. The lowest BCUT2D eigenvalue weighted by Gasteiger charge is -2.18. The van der Waals surface area contributed by atoms with Gasteiger partial charge < -0.3 is 15.0 Å². The molecule has 1 aromatic heterocycles. The molecule has 5 heteroatoms. The first-order valence-electron chi connectivity index (χ1n) is 4.49. The minimum absolute atomic E-state index is 0.145. The van der Waals surface area contributed by atoms with Crippen LogP contribution in [0.4, 0.5) is 5.95 Å². The van der Waals surface area contributed by atoms with Crippen LogP contribution in [0.2, 0.25) is 0 Å². The summed E-state index contributed by atoms with van der Waals surface area (Å²) >= 11 is 0. The Balaban J connectivity index is 2.61. The van der Waals surface area contributed by atoms with Crippen molar-refractivity contribution in [2.24, 2.45) is 13.0 Å². The maximum atomic E-state index is 10.7. The van der Waals surface area contributed by atoms with E-state index >= 15 is 0 Å². The molecule has 2 unspecified atom stereocenters. The fourth-order valence-electron chi connectivity index (χ4n) is 1.05. The summed E-state index contributed by atoms with van der Waals surface area (Å²) in [5.74, 6) is -0.559. The molecule has 0 spiro atoms. The molecule has 0 aliphatic carbocycles. The van der Waals surface area contributed by atoms with Crippen molar-refractivity contribution >= 4 is 11.9 Å². The van der Waals surface area contributed by atoms with Gasteiger partial charge in [0.05, 0.1) is 5.92 Å². The molecule has 0 aliphatic heterocycles. The Kier molecular flexibility index (Phi) is 3.11. The fourth-order valence-corrected chi connectivity index (χ4v) is 1.05. The molecule has 14 heavy (non-hydrogen) atoms.